The van der Waals surface area contributed by atoms with Gasteiger partial charge in [-0.2, -0.15) is 0 Å². The van der Waals surface area contributed by atoms with E-state index in [0.717, 1.165) is 66.3 Å². The van der Waals surface area contributed by atoms with E-state index < -0.39 is 11.6 Å². The lowest BCUT2D eigenvalue weighted by Crippen LogP contribution is -2.53. The third-order valence-corrected chi connectivity index (χ3v) is 8.09. The lowest BCUT2D eigenvalue weighted by molar-refractivity contribution is -0.133. The Balaban J connectivity index is 1.39. The number of amides is 3. The number of phenols is 1. The summed E-state index contributed by atoms with van der Waals surface area (Å²) in [7, 11) is 0. The SMILES string of the molecule is CCOc1ccc2[nH]c3c(c2c1)CC1(C)C(=O)N(CCCN2CCOCC2)C(=O)N1C3c1cccc(O)c1. The molecule has 9 heteroatoms. The number of phenolic OH excluding ortho intramolecular Hbond substituents is 1. The molecule has 0 saturated carbocycles. The van der Waals surface area contributed by atoms with E-state index in [0.29, 0.717) is 26.0 Å². The van der Waals surface area contributed by atoms with Crippen LogP contribution < -0.4 is 4.74 Å². The molecular formula is C29H34N4O5. The fourth-order valence-electron chi connectivity index (χ4n) is 6.26. The summed E-state index contributed by atoms with van der Waals surface area (Å²) >= 11 is 0. The first-order chi connectivity index (χ1) is 18.4. The third kappa shape index (κ3) is 4.01. The second-order valence-corrected chi connectivity index (χ2v) is 10.5. The maximum absolute atomic E-state index is 14.0. The normalized spacial score (nSPS) is 23.7. The zero-order valence-electron chi connectivity index (χ0n) is 21.9. The van der Waals surface area contributed by atoms with E-state index in [-0.39, 0.29) is 17.7 Å². The summed E-state index contributed by atoms with van der Waals surface area (Å²) in [6, 6.07) is 12.0. The van der Waals surface area contributed by atoms with Crippen molar-refractivity contribution in [3.05, 3.63) is 59.3 Å². The topological polar surface area (TPSA) is 98.3 Å². The van der Waals surface area contributed by atoms with Crippen LogP contribution in [0.1, 0.15) is 43.1 Å². The van der Waals surface area contributed by atoms with Crippen molar-refractivity contribution in [2.75, 3.05) is 46.0 Å². The van der Waals surface area contributed by atoms with Crippen molar-refractivity contribution in [2.45, 2.75) is 38.3 Å². The molecule has 2 N–H and O–H groups in total. The number of carbonyl (C=O) groups is 2. The molecule has 2 unspecified atom stereocenters. The van der Waals surface area contributed by atoms with Crippen LogP contribution in [0, 0.1) is 0 Å². The van der Waals surface area contributed by atoms with Crippen LogP contribution in [0.15, 0.2) is 42.5 Å². The number of nitrogens with zero attached hydrogens (tertiary/aromatic N) is 3. The van der Waals surface area contributed by atoms with Crippen molar-refractivity contribution < 1.29 is 24.2 Å². The average Bonchev–Trinajstić information content (AvgIpc) is 3.35. The number of hydrogen-bond donors (Lipinski definition) is 2. The first kappa shape index (κ1) is 24.8. The Kier molecular flexibility index (Phi) is 6.28. The Hall–Kier alpha value is -3.56. The number of aromatic nitrogens is 1. The van der Waals surface area contributed by atoms with E-state index in [1.807, 2.05) is 38.1 Å². The Morgan fingerprint density at radius 3 is 2.71 bits per heavy atom. The summed E-state index contributed by atoms with van der Waals surface area (Å²) in [5.41, 5.74) is 2.51. The van der Waals surface area contributed by atoms with Gasteiger partial charge in [0.25, 0.3) is 5.91 Å². The number of urea groups is 1. The number of carbonyl (C=O) groups excluding carboxylic acids is 2. The fraction of sp³-hybridized carbons (Fsp3) is 0.448. The molecule has 3 amide bonds. The van der Waals surface area contributed by atoms with Crippen LogP contribution in [0.5, 0.6) is 11.5 Å². The highest BCUT2D eigenvalue weighted by Crippen LogP contribution is 2.49. The minimum Gasteiger partial charge on any atom is -0.508 e. The van der Waals surface area contributed by atoms with Crippen LogP contribution in [0.4, 0.5) is 4.79 Å². The lowest BCUT2D eigenvalue weighted by Gasteiger charge is -2.42. The van der Waals surface area contributed by atoms with Crippen LogP contribution in [0.2, 0.25) is 0 Å². The number of fused-ring (bicyclic) bond motifs is 4. The molecule has 0 bridgehead atoms. The van der Waals surface area contributed by atoms with Crippen LogP contribution in [-0.2, 0) is 16.0 Å². The van der Waals surface area contributed by atoms with E-state index in [9.17, 15) is 14.7 Å². The molecule has 0 spiro atoms. The second kappa shape index (κ2) is 9.63. The van der Waals surface area contributed by atoms with Crippen LogP contribution in [0.25, 0.3) is 10.9 Å². The molecule has 200 valence electrons. The lowest BCUT2D eigenvalue weighted by atomic mass is 9.81. The van der Waals surface area contributed by atoms with Gasteiger partial charge < -0.3 is 19.6 Å². The number of rotatable bonds is 7. The van der Waals surface area contributed by atoms with Gasteiger partial charge in [-0.3, -0.25) is 19.5 Å². The third-order valence-electron chi connectivity index (χ3n) is 8.09. The summed E-state index contributed by atoms with van der Waals surface area (Å²) in [4.78, 5) is 37.0. The summed E-state index contributed by atoms with van der Waals surface area (Å²) in [5.74, 6) is 0.712. The molecule has 2 aromatic carbocycles. The smallest absolute Gasteiger partial charge is 0.328 e. The number of imide groups is 1. The number of ether oxygens (including phenoxy) is 2. The summed E-state index contributed by atoms with van der Waals surface area (Å²) in [5, 5.41) is 11.3. The first-order valence-electron chi connectivity index (χ1n) is 13.4. The van der Waals surface area contributed by atoms with Crippen molar-refractivity contribution in [3.63, 3.8) is 0 Å². The predicted octanol–water partition coefficient (Wildman–Crippen LogP) is 3.66. The van der Waals surface area contributed by atoms with Gasteiger partial charge in [0.15, 0.2) is 0 Å². The molecule has 9 nitrogen and oxygen atoms in total. The van der Waals surface area contributed by atoms with Gasteiger partial charge in [-0.15, -0.1) is 0 Å². The van der Waals surface area contributed by atoms with Gasteiger partial charge in [-0.05, 0) is 61.7 Å². The number of hydrogen-bond acceptors (Lipinski definition) is 6. The number of morpholine rings is 1. The zero-order valence-corrected chi connectivity index (χ0v) is 21.9. The fourth-order valence-corrected chi connectivity index (χ4v) is 6.26. The predicted molar refractivity (Wildman–Crippen MR) is 142 cm³/mol. The van der Waals surface area contributed by atoms with E-state index in [4.69, 9.17) is 9.47 Å². The van der Waals surface area contributed by atoms with E-state index >= 15 is 0 Å². The molecule has 0 aliphatic carbocycles. The number of aromatic hydroxyl groups is 1. The highest BCUT2D eigenvalue weighted by molar-refractivity contribution is 6.08. The maximum Gasteiger partial charge on any atom is 0.328 e. The number of nitrogens with one attached hydrogen (secondary N) is 1. The number of H-pyrrole nitrogens is 1. The average molecular weight is 519 g/mol. The monoisotopic (exact) mass is 518 g/mol. The quantitative estimate of drug-likeness (QED) is 0.464. The Morgan fingerprint density at radius 2 is 1.95 bits per heavy atom. The van der Waals surface area contributed by atoms with Crippen LogP contribution >= 0.6 is 0 Å². The van der Waals surface area contributed by atoms with Gasteiger partial charge in [0.05, 0.1) is 19.8 Å². The molecule has 3 aliphatic heterocycles. The van der Waals surface area contributed by atoms with E-state index in [1.165, 1.54) is 4.90 Å². The van der Waals surface area contributed by atoms with Crippen molar-refractivity contribution in [1.29, 1.82) is 0 Å². The maximum atomic E-state index is 14.0. The van der Waals surface area contributed by atoms with Gasteiger partial charge in [-0.25, -0.2) is 4.79 Å². The van der Waals surface area contributed by atoms with Crippen LogP contribution in [-0.4, -0.2) is 88.3 Å². The van der Waals surface area contributed by atoms with Gasteiger partial charge >= 0.3 is 6.03 Å². The summed E-state index contributed by atoms with van der Waals surface area (Å²) in [6.45, 7) is 8.75. The molecule has 1 aromatic heterocycles. The second-order valence-electron chi connectivity index (χ2n) is 10.5. The van der Waals surface area contributed by atoms with E-state index in [1.54, 1.807) is 23.1 Å². The minimum atomic E-state index is -1.05. The van der Waals surface area contributed by atoms with Crippen molar-refractivity contribution in [1.82, 2.24) is 19.7 Å². The molecule has 2 atom stereocenters. The Bertz CT molecular complexity index is 1380. The van der Waals surface area contributed by atoms with Crippen molar-refractivity contribution in [3.8, 4) is 11.5 Å². The molecular weight excluding hydrogens is 484 g/mol. The molecule has 4 heterocycles. The van der Waals surface area contributed by atoms with E-state index in [2.05, 4.69) is 9.88 Å². The molecule has 0 radical (unpaired) electrons. The Labute approximate surface area is 221 Å². The van der Waals surface area contributed by atoms with Gasteiger partial charge in [0.1, 0.15) is 23.1 Å². The van der Waals surface area contributed by atoms with Gasteiger partial charge in [-0.1, -0.05) is 12.1 Å². The largest absolute Gasteiger partial charge is 0.508 e. The molecule has 3 aromatic rings. The highest BCUT2D eigenvalue weighted by Gasteiger charge is 2.60. The van der Waals surface area contributed by atoms with Gasteiger partial charge in [0, 0.05) is 49.2 Å². The molecule has 6 rings (SSSR count). The molecule has 2 fully saturated rings. The number of benzene rings is 2. The number of aromatic amines is 1. The summed E-state index contributed by atoms with van der Waals surface area (Å²) < 4.78 is 11.2. The molecule has 2 saturated heterocycles. The van der Waals surface area contributed by atoms with Crippen molar-refractivity contribution >= 4 is 22.8 Å². The molecule has 38 heavy (non-hydrogen) atoms. The minimum absolute atomic E-state index is 0.117. The van der Waals surface area contributed by atoms with Crippen LogP contribution in [0.3, 0.4) is 0 Å². The van der Waals surface area contributed by atoms with Gasteiger partial charge in [0.2, 0.25) is 0 Å². The first-order valence-corrected chi connectivity index (χ1v) is 13.4. The van der Waals surface area contributed by atoms with Crippen molar-refractivity contribution in [2.24, 2.45) is 0 Å². The molecule has 3 aliphatic rings. The zero-order chi connectivity index (χ0) is 26.4. The standard InChI is InChI=1S/C29H34N4O5/c1-3-38-21-8-9-24-22(17-21)23-18-29(2)27(35)32(11-5-10-31-12-14-37-15-13-31)28(36)33(29)26(25(23)30-24)19-6-4-7-20(34)16-19/h4,6-9,16-17,26,30,34H,3,5,10-15,18H2,1-2H3. The Morgan fingerprint density at radius 1 is 1.13 bits per heavy atom. The summed E-state index contributed by atoms with van der Waals surface area (Å²) in [6.07, 6.45) is 1.11. The highest BCUT2D eigenvalue weighted by atomic mass is 16.5.